The van der Waals surface area contributed by atoms with Crippen molar-refractivity contribution in [2.24, 2.45) is 5.11 Å². The number of nitrogens with zero attached hydrogens (tertiary/aromatic N) is 3. The Morgan fingerprint density at radius 3 is 1.43 bits per heavy atom. The van der Waals surface area contributed by atoms with E-state index in [1.807, 2.05) is 231 Å². The zero-order valence-electron chi connectivity index (χ0n) is 60.7. The number of halogens is 3. The summed E-state index contributed by atoms with van der Waals surface area (Å²) in [6, 6.07) is 67.2. The Morgan fingerprint density at radius 2 is 0.955 bits per heavy atom. The van der Waals surface area contributed by atoms with Crippen LogP contribution >= 0.6 is 34.8 Å². The number of carbonyl (C=O) groups excluding carboxylic acids is 3. The zero-order chi connectivity index (χ0) is 77.5. The fourth-order valence-electron chi connectivity index (χ4n) is 13.9. The smallest absolute Gasteiger partial charge is 0.407 e. The number of azide groups is 1. The second-order valence-corrected chi connectivity index (χ2v) is 29.2. The maximum Gasteiger partial charge on any atom is 0.407 e. The summed E-state index contributed by atoms with van der Waals surface area (Å²) in [6.07, 6.45) is -20.2. The lowest BCUT2D eigenvalue weighted by Crippen LogP contribution is -2.70. The fourth-order valence-corrected chi connectivity index (χ4v) is 14.0. The largest absolute Gasteiger partial charge is 0.460 e. The quantitative estimate of drug-likeness (QED) is 0.00708. The van der Waals surface area contributed by atoms with Gasteiger partial charge in [0.1, 0.15) is 86.3 Å². The molecule has 0 spiro atoms. The first-order valence-electron chi connectivity index (χ1n) is 36.5. The molecule has 4 aliphatic rings. The van der Waals surface area contributed by atoms with Gasteiger partial charge >= 0.3 is 12.1 Å². The number of aliphatic hydroxyl groups is 2. The molecule has 3 fully saturated rings. The number of nitrogens with one attached hydrogen (secondary N) is 2. The lowest BCUT2D eigenvalue weighted by atomic mass is 9.93. The molecule has 0 unspecified atom stereocenters. The van der Waals surface area contributed by atoms with Crippen LogP contribution in [0.3, 0.4) is 0 Å². The van der Waals surface area contributed by atoms with E-state index in [1.165, 1.54) is 13.0 Å². The van der Waals surface area contributed by atoms with Gasteiger partial charge in [-0.3, -0.25) is 4.79 Å². The molecular formula is C84H88Cl3N5O19. The topological polar surface area (TPSA) is 294 Å². The molecule has 2 amide bonds. The molecule has 17 atom stereocenters. The Bertz CT molecular complexity index is 4240. The van der Waals surface area contributed by atoms with Crippen molar-refractivity contribution in [1.82, 2.24) is 10.6 Å². The first kappa shape index (κ1) is 81.8. The van der Waals surface area contributed by atoms with Gasteiger partial charge in [-0.05, 0) is 68.1 Å². The number of fused-ring (bicyclic) bond motifs is 3. The maximum atomic E-state index is 14.7. The van der Waals surface area contributed by atoms with Gasteiger partial charge < -0.3 is 87.2 Å². The van der Waals surface area contributed by atoms with E-state index in [9.17, 15) is 30.1 Å². The summed E-state index contributed by atoms with van der Waals surface area (Å²) in [5, 5.41) is 33.1. The highest BCUT2D eigenvalue weighted by atomic mass is 35.6. The Balaban J connectivity index is 0.917. The highest BCUT2D eigenvalue weighted by Crippen LogP contribution is 2.45. The van der Waals surface area contributed by atoms with E-state index in [2.05, 4.69) is 27.2 Å². The summed E-state index contributed by atoms with van der Waals surface area (Å²) in [5.74, 6) is -2.55. The van der Waals surface area contributed by atoms with E-state index in [0.29, 0.717) is 5.56 Å². The van der Waals surface area contributed by atoms with Crippen molar-refractivity contribution >= 4 is 52.8 Å². The van der Waals surface area contributed by atoms with Gasteiger partial charge in [0.15, 0.2) is 24.9 Å². The molecule has 8 aromatic rings. The average molecular weight is 1580 g/mol. The SMILES string of the molecule is C=CCOC(=O)[C@@H](NC(=O)OCC1c2ccccc2-c2ccccc21)[C@@H](C)O[C@H]1O[C@H](CO)[C@H](O)[C@H](O[C@@H]2O[C@H](COCc3ccccc3)[C@@H](O[C@@H]3O[C@H](COCc4ccccc4)[C@H](OCc4ccccc4)[C@H](OCc4ccccc4)[C@H]3OCc3ccccc3)[C@H](OCc3ccccc3)[C@H]2NC(=O)C(Cl)(Cl)Cl)[C@H]1N=[N+]=[N-]. The molecule has 4 N–H and O–H groups in total. The monoisotopic (exact) mass is 1580 g/mol. The first-order valence-corrected chi connectivity index (χ1v) is 37.7. The van der Waals surface area contributed by atoms with Crippen LogP contribution < -0.4 is 10.6 Å². The molecule has 0 radical (unpaired) electrons. The average Bonchev–Trinajstić information content (AvgIpc) is 1.74. The van der Waals surface area contributed by atoms with E-state index in [4.69, 9.17) is 101 Å². The van der Waals surface area contributed by atoms with E-state index in [0.717, 1.165) is 50.1 Å². The third kappa shape index (κ3) is 22.0. The summed E-state index contributed by atoms with van der Waals surface area (Å²) >= 11 is 19.5. The summed E-state index contributed by atoms with van der Waals surface area (Å²) in [5.41, 5.74) is 19.2. The third-order valence-electron chi connectivity index (χ3n) is 19.3. The van der Waals surface area contributed by atoms with Crippen LogP contribution in [0.4, 0.5) is 4.79 Å². The molecule has 3 aliphatic heterocycles. The highest BCUT2D eigenvalue weighted by Gasteiger charge is 2.58. The molecule has 0 saturated carbocycles. The van der Waals surface area contributed by atoms with Crippen molar-refractivity contribution in [2.75, 3.05) is 33.0 Å². The first-order chi connectivity index (χ1) is 54.1. The van der Waals surface area contributed by atoms with Gasteiger partial charge in [-0.1, -0.05) is 283 Å². The van der Waals surface area contributed by atoms with Crippen LogP contribution in [-0.2, 0) is 116 Å². The second kappa shape index (κ2) is 40.7. The van der Waals surface area contributed by atoms with Crippen molar-refractivity contribution < 1.29 is 90.9 Å². The number of hydrogen-bond acceptors (Lipinski definition) is 20. The number of rotatable bonds is 36. The van der Waals surface area contributed by atoms with Crippen molar-refractivity contribution in [3.8, 4) is 11.1 Å². The van der Waals surface area contributed by atoms with Crippen LogP contribution in [0, 0.1) is 0 Å². The fraction of sp³-hybridized carbons (Fsp3) is 0.369. The molecule has 3 saturated heterocycles. The Kier molecular flexibility index (Phi) is 30.0. The van der Waals surface area contributed by atoms with Gasteiger partial charge in [-0.25, -0.2) is 9.59 Å². The normalized spacial score (nSPS) is 24.9. The molecule has 0 aromatic heterocycles. The number of alkyl halides is 3. The van der Waals surface area contributed by atoms with Crippen LogP contribution in [0.5, 0.6) is 0 Å². The second-order valence-electron chi connectivity index (χ2n) is 26.9. The maximum absolute atomic E-state index is 14.7. The van der Waals surface area contributed by atoms with E-state index in [-0.39, 0.29) is 72.0 Å². The lowest BCUT2D eigenvalue weighted by molar-refractivity contribution is -0.373. The Labute approximate surface area is 658 Å². The molecule has 12 rings (SSSR count). The van der Waals surface area contributed by atoms with Gasteiger partial charge in [0.05, 0.1) is 65.6 Å². The van der Waals surface area contributed by atoms with Gasteiger partial charge in [-0.2, -0.15) is 0 Å². The minimum absolute atomic E-state index is 0.00427. The Morgan fingerprint density at radius 1 is 0.532 bits per heavy atom. The van der Waals surface area contributed by atoms with Crippen LogP contribution in [0.1, 0.15) is 57.3 Å². The van der Waals surface area contributed by atoms with Crippen LogP contribution in [0.15, 0.2) is 248 Å². The molecule has 24 nitrogen and oxygen atoms in total. The highest BCUT2D eigenvalue weighted by molar-refractivity contribution is 6.76. The molecular weight excluding hydrogens is 1490 g/mol. The molecule has 584 valence electrons. The van der Waals surface area contributed by atoms with Crippen molar-refractivity contribution in [1.29, 1.82) is 0 Å². The number of esters is 1. The van der Waals surface area contributed by atoms with Crippen LogP contribution in [-0.4, -0.2) is 169 Å². The van der Waals surface area contributed by atoms with E-state index < -0.39 is 133 Å². The Hall–Kier alpha value is -8.67. The number of alkyl carbamates (subject to hydrolysis) is 1. The lowest BCUT2D eigenvalue weighted by Gasteiger charge is -2.51. The van der Waals surface area contributed by atoms with Crippen LogP contribution in [0.2, 0.25) is 0 Å². The van der Waals surface area contributed by atoms with Gasteiger partial charge in [0, 0.05) is 10.8 Å². The van der Waals surface area contributed by atoms with Crippen molar-refractivity contribution in [3.05, 3.63) is 298 Å². The molecule has 0 bridgehead atoms. The molecule has 111 heavy (non-hydrogen) atoms. The number of benzene rings is 8. The number of ether oxygens (including phenoxy) is 14. The molecule has 3 heterocycles. The minimum Gasteiger partial charge on any atom is -0.460 e. The predicted molar refractivity (Wildman–Crippen MR) is 410 cm³/mol. The van der Waals surface area contributed by atoms with Gasteiger partial charge in [0.2, 0.25) is 0 Å². The van der Waals surface area contributed by atoms with Gasteiger partial charge in [-0.15, -0.1) is 0 Å². The summed E-state index contributed by atoms with van der Waals surface area (Å²) in [6.45, 7) is 3.54. The predicted octanol–water partition coefficient (Wildman–Crippen LogP) is 12.6. The van der Waals surface area contributed by atoms with Crippen molar-refractivity contribution in [2.45, 2.75) is 160 Å². The zero-order valence-corrected chi connectivity index (χ0v) is 63.0. The third-order valence-corrected chi connectivity index (χ3v) is 19.9. The minimum atomic E-state index is -2.69. The molecule has 27 heteroatoms. The van der Waals surface area contributed by atoms with E-state index >= 15 is 0 Å². The molecule has 1 aliphatic carbocycles. The standard InChI is InChI=1S/C84H88Cl3N5O19/c1-3-42-100-78(95)68(90-83(97)105-50-64-62-40-24-22-38-60(62)61-39-23-25-41-63(61)64)53(2)106-80-70(91-92-88)74(71(94)65(43-93)107-80)111-79-69(89-82(96)84(85,86)87)75(102-47-57-32-16-7-17-33-57)73(67(108-79)52-99-45-55-28-12-5-13-29-55)110-81-77(104-49-59-36-20-9-21-37-59)76(103-48-58-34-18-8-19-35-58)72(101-46-56-30-14-6-15-31-56)66(109-81)51-98-44-54-26-10-4-11-27-54/h3-41,53,64-77,79-81,93-94H,1,42-52H2,2H3,(H,89,96)(H,90,97)/t53-,65-,66-,67-,68+,69-,70-,71+,72+,73-,74-,75-,76+,77-,79+,80+,81+/m1/s1. The van der Waals surface area contributed by atoms with Crippen molar-refractivity contribution in [3.63, 3.8) is 0 Å². The summed E-state index contributed by atoms with van der Waals surface area (Å²) in [4.78, 5) is 46.0. The number of hydrogen-bond donors (Lipinski definition) is 4. The number of amides is 2. The number of carbonyl (C=O) groups is 3. The molecule has 8 aromatic carbocycles. The van der Waals surface area contributed by atoms with Gasteiger partial charge in [0.25, 0.3) is 9.70 Å². The number of aliphatic hydroxyl groups excluding tert-OH is 2. The summed E-state index contributed by atoms with van der Waals surface area (Å²) < 4.78 is 92.0. The van der Waals surface area contributed by atoms with E-state index in [1.54, 1.807) is 0 Å². The summed E-state index contributed by atoms with van der Waals surface area (Å²) in [7, 11) is 0. The van der Waals surface area contributed by atoms with Crippen LogP contribution in [0.25, 0.3) is 21.6 Å².